The van der Waals surface area contributed by atoms with Crippen molar-refractivity contribution in [1.29, 1.82) is 0 Å². The summed E-state index contributed by atoms with van der Waals surface area (Å²) in [5.41, 5.74) is 11.5. The maximum absolute atomic E-state index is 2.60. The lowest BCUT2D eigenvalue weighted by Crippen LogP contribution is -2.29. The number of aromatic nitrogens is 2. The third-order valence-electron chi connectivity index (χ3n) is 9.25. The fourth-order valence-corrected chi connectivity index (χ4v) is 7.00. The molecular formula is C33H35N2+. The van der Waals surface area contributed by atoms with Gasteiger partial charge in [0.2, 0.25) is 5.52 Å². The zero-order valence-corrected chi connectivity index (χ0v) is 21.9. The third kappa shape index (κ3) is 2.86. The Hall–Kier alpha value is -3.13. The third-order valence-corrected chi connectivity index (χ3v) is 9.25. The summed E-state index contributed by atoms with van der Waals surface area (Å²) >= 11 is 0. The van der Waals surface area contributed by atoms with Gasteiger partial charge in [0.1, 0.15) is 7.05 Å². The van der Waals surface area contributed by atoms with Crippen molar-refractivity contribution < 1.29 is 4.57 Å². The number of fused-ring (bicyclic) bond motifs is 5. The molecule has 0 bridgehead atoms. The molecule has 1 aliphatic carbocycles. The first-order valence-electron chi connectivity index (χ1n) is 13.3. The predicted molar refractivity (Wildman–Crippen MR) is 149 cm³/mol. The molecule has 0 aliphatic heterocycles. The molecule has 3 aromatic carbocycles. The van der Waals surface area contributed by atoms with Crippen molar-refractivity contribution in [3.63, 3.8) is 0 Å². The summed E-state index contributed by atoms with van der Waals surface area (Å²) in [6.45, 7) is 11.7. The monoisotopic (exact) mass is 459 g/mol. The standard InChI is InChI=1S/C33H35N2/c1-19-7-8-25-26-16-20(2)21(3)29-31(26)35(27(25)15-19)28-18-24(22-9-12-33(4,5)13-10-22)17-23-11-14-34(6)32(29)30(23)28/h7-8,11,14-18,22H,9-10,12-13H2,1-6H3/q+1. The molecule has 1 aliphatic rings. The van der Waals surface area contributed by atoms with Gasteiger partial charge in [-0.15, -0.1) is 0 Å². The summed E-state index contributed by atoms with van der Waals surface area (Å²) in [7, 11) is 2.21. The Labute approximate surface area is 207 Å². The summed E-state index contributed by atoms with van der Waals surface area (Å²) < 4.78 is 4.95. The lowest BCUT2D eigenvalue weighted by Gasteiger charge is -2.34. The Kier molecular flexibility index (Phi) is 4.22. The topological polar surface area (TPSA) is 8.29 Å². The van der Waals surface area contributed by atoms with E-state index in [1.54, 1.807) is 0 Å². The number of rotatable bonds is 1. The highest BCUT2D eigenvalue weighted by atomic mass is 15.0. The normalized spacial score (nSPS) is 17.1. The fraction of sp³-hybridized carbons (Fsp3) is 0.364. The number of pyridine rings is 2. The van der Waals surface area contributed by atoms with Gasteiger partial charge in [-0.05, 0) is 104 Å². The van der Waals surface area contributed by atoms with Crippen LogP contribution in [0, 0.1) is 26.2 Å². The van der Waals surface area contributed by atoms with E-state index in [9.17, 15) is 0 Å². The Balaban J connectivity index is 1.70. The van der Waals surface area contributed by atoms with E-state index in [0.717, 1.165) is 0 Å². The molecule has 0 amide bonds. The second-order valence-electron chi connectivity index (χ2n) is 12.2. The van der Waals surface area contributed by atoms with Gasteiger partial charge in [-0.1, -0.05) is 32.0 Å². The fourth-order valence-electron chi connectivity index (χ4n) is 7.00. The summed E-state index contributed by atoms with van der Waals surface area (Å²) in [6, 6.07) is 16.8. The van der Waals surface area contributed by atoms with Gasteiger partial charge in [0.05, 0.1) is 27.3 Å². The quantitative estimate of drug-likeness (QED) is 0.132. The Bertz CT molecular complexity index is 1800. The van der Waals surface area contributed by atoms with Gasteiger partial charge in [0.15, 0.2) is 6.20 Å². The van der Waals surface area contributed by atoms with Crippen molar-refractivity contribution in [1.82, 2.24) is 4.40 Å². The molecule has 0 N–H and O–H groups in total. The molecule has 3 aromatic heterocycles. The van der Waals surface area contributed by atoms with Crippen LogP contribution in [0.15, 0.2) is 48.7 Å². The zero-order valence-electron chi connectivity index (χ0n) is 21.9. The van der Waals surface area contributed by atoms with Crippen LogP contribution >= 0.6 is 0 Å². The van der Waals surface area contributed by atoms with Gasteiger partial charge >= 0.3 is 0 Å². The molecule has 176 valence electrons. The first-order chi connectivity index (χ1) is 16.7. The molecule has 0 atom stereocenters. The Morgan fingerprint density at radius 3 is 2.40 bits per heavy atom. The van der Waals surface area contributed by atoms with Crippen molar-refractivity contribution in [3.8, 4) is 0 Å². The zero-order chi connectivity index (χ0) is 24.2. The van der Waals surface area contributed by atoms with Gasteiger partial charge in [-0.2, -0.15) is 0 Å². The van der Waals surface area contributed by atoms with E-state index < -0.39 is 0 Å². The molecule has 6 aromatic rings. The van der Waals surface area contributed by atoms with E-state index in [1.807, 2.05) is 0 Å². The lowest BCUT2D eigenvalue weighted by molar-refractivity contribution is -0.643. The van der Waals surface area contributed by atoms with Crippen LogP contribution in [0.3, 0.4) is 0 Å². The second-order valence-corrected chi connectivity index (χ2v) is 12.2. The van der Waals surface area contributed by atoms with Crippen molar-refractivity contribution in [2.75, 3.05) is 0 Å². The van der Waals surface area contributed by atoms with Gasteiger partial charge < -0.3 is 4.40 Å². The molecule has 1 fully saturated rings. The van der Waals surface area contributed by atoms with Crippen LogP contribution in [0.25, 0.3) is 49.0 Å². The highest BCUT2D eigenvalue weighted by Gasteiger charge is 2.30. The Morgan fingerprint density at radius 1 is 0.857 bits per heavy atom. The molecule has 2 nitrogen and oxygen atoms in total. The summed E-state index contributed by atoms with van der Waals surface area (Å²) in [4.78, 5) is 0. The molecule has 2 heteroatoms. The van der Waals surface area contributed by atoms with Gasteiger partial charge in [0, 0.05) is 16.8 Å². The molecule has 7 rings (SSSR count). The van der Waals surface area contributed by atoms with Crippen LogP contribution in [0.4, 0.5) is 0 Å². The van der Waals surface area contributed by atoms with Crippen LogP contribution in [0.1, 0.15) is 67.7 Å². The van der Waals surface area contributed by atoms with Crippen LogP contribution in [-0.4, -0.2) is 4.40 Å². The summed E-state index contributed by atoms with van der Waals surface area (Å²) in [5.74, 6) is 0.654. The van der Waals surface area contributed by atoms with E-state index in [0.29, 0.717) is 11.3 Å². The minimum atomic E-state index is 0.483. The predicted octanol–water partition coefficient (Wildman–Crippen LogP) is 8.42. The van der Waals surface area contributed by atoms with Gasteiger partial charge in [0.25, 0.3) is 0 Å². The molecule has 0 radical (unpaired) electrons. The minimum absolute atomic E-state index is 0.483. The average Bonchev–Trinajstić information content (AvgIpc) is 3.13. The molecule has 1 saturated carbocycles. The highest BCUT2D eigenvalue weighted by molar-refractivity contribution is 6.26. The molecule has 0 unspecified atom stereocenters. The van der Waals surface area contributed by atoms with E-state index in [2.05, 4.69) is 99.3 Å². The number of benzene rings is 3. The highest BCUT2D eigenvalue weighted by Crippen LogP contribution is 2.46. The number of aryl methyl sites for hydroxylation is 4. The molecular weight excluding hydrogens is 424 g/mol. The Morgan fingerprint density at radius 2 is 1.63 bits per heavy atom. The SMILES string of the molecule is Cc1ccc2c3cc(C)c(C)c4c3n(c2c1)c1cc(C2CCC(C)(C)CC2)cc2cc[n+](C)c4c21. The van der Waals surface area contributed by atoms with E-state index in [1.165, 1.54) is 96.9 Å². The number of hydrogen-bond acceptors (Lipinski definition) is 0. The molecule has 0 spiro atoms. The average molecular weight is 460 g/mol. The molecule has 35 heavy (non-hydrogen) atoms. The maximum Gasteiger partial charge on any atom is 0.224 e. The van der Waals surface area contributed by atoms with Crippen molar-refractivity contribution in [2.45, 2.75) is 66.2 Å². The second kappa shape index (κ2) is 6.97. The number of nitrogens with zero attached hydrogens (tertiary/aromatic N) is 2. The first-order valence-corrected chi connectivity index (χ1v) is 13.3. The van der Waals surface area contributed by atoms with Crippen LogP contribution in [0.5, 0.6) is 0 Å². The van der Waals surface area contributed by atoms with Crippen molar-refractivity contribution in [3.05, 3.63) is 70.9 Å². The van der Waals surface area contributed by atoms with E-state index in [4.69, 9.17) is 0 Å². The van der Waals surface area contributed by atoms with Crippen molar-refractivity contribution in [2.24, 2.45) is 12.5 Å². The maximum atomic E-state index is 2.60. The first kappa shape index (κ1) is 21.2. The summed E-state index contributed by atoms with van der Waals surface area (Å²) in [5, 5.41) is 6.93. The van der Waals surface area contributed by atoms with E-state index in [-0.39, 0.29) is 0 Å². The van der Waals surface area contributed by atoms with Crippen molar-refractivity contribution >= 4 is 49.0 Å². The minimum Gasteiger partial charge on any atom is -0.307 e. The van der Waals surface area contributed by atoms with Crippen LogP contribution in [0.2, 0.25) is 0 Å². The van der Waals surface area contributed by atoms with E-state index >= 15 is 0 Å². The largest absolute Gasteiger partial charge is 0.307 e. The smallest absolute Gasteiger partial charge is 0.224 e. The van der Waals surface area contributed by atoms with Crippen LogP contribution < -0.4 is 4.57 Å². The lowest BCUT2D eigenvalue weighted by atomic mass is 9.71. The van der Waals surface area contributed by atoms with Gasteiger partial charge in [-0.3, -0.25) is 0 Å². The molecule has 0 saturated heterocycles. The molecule has 3 heterocycles. The van der Waals surface area contributed by atoms with Crippen LogP contribution in [-0.2, 0) is 7.05 Å². The van der Waals surface area contributed by atoms with Gasteiger partial charge in [-0.25, -0.2) is 4.57 Å². The summed E-state index contributed by atoms with van der Waals surface area (Å²) in [6.07, 6.45) is 7.49. The number of hydrogen-bond donors (Lipinski definition) is 0.